The number of hydrogen-bond acceptors (Lipinski definition) is 4. The number of benzene rings is 1. The Bertz CT molecular complexity index is 756. The van der Waals surface area contributed by atoms with Gasteiger partial charge >= 0.3 is 0 Å². The summed E-state index contributed by atoms with van der Waals surface area (Å²) < 4.78 is 6.83. The van der Waals surface area contributed by atoms with Crippen molar-refractivity contribution in [1.82, 2.24) is 15.1 Å². The van der Waals surface area contributed by atoms with Gasteiger partial charge in [0.1, 0.15) is 0 Å². The van der Waals surface area contributed by atoms with Crippen LogP contribution in [0.25, 0.3) is 11.3 Å². The molecular weight excluding hydrogens is 338 g/mol. The molecule has 1 aliphatic rings. The van der Waals surface area contributed by atoms with E-state index < -0.39 is 8.32 Å². The third-order valence-corrected chi connectivity index (χ3v) is 10.3. The minimum atomic E-state index is -1.82. The van der Waals surface area contributed by atoms with Crippen LogP contribution in [0.5, 0.6) is 0 Å². The molecule has 0 saturated carbocycles. The number of nitrogens with zero attached hydrogens (tertiary/aromatic N) is 3. The van der Waals surface area contributed by atoms with E-state index in [0.717, 1.165) is 30.8 Å². The Balaban J connectivity index is 1.97. The van der Waals surface area contributed by atoms with E-state index >= 15 is 0 Å². The fourth-order valence-electron chi connectivity index (χ4n) is 3.19. The molecule has 0 bridgehead atoms. The second-order valence-corrected chi connectivity index (χ2v) is 13.7. The van der Waals surface area contributed by atoms with Crippen molar-refractivity contribution >= 4 is 8.32 Å². The lowest BCUT2D eigenvalue weighted by Crippen LogP contribution is -2.42. The fraction of sp³-hybridized carbons (Fsp3) is 0.524. The minimum absolute atomic E-state index is 0.173. The van der Waals surface area contributed by atoms with Gasteiger partial charge in [-0.25, -0.2) is 0 Å². The van der Waals surface area contributed by atoms with Crippen LogP contribution < -0.4 is 0 Å². The summed E-state index contributed by atoms with van der Waals surface area (Å²) in [5.74, 6) is 0. The van der Waals surface area contributed by atoms with Gasteiger partial charge in [0.2, 0.25) is 0 Å². The van der Waals surface area contributed by atoms with Gasteiger partial charge in [-0.05, 0) is 60.9 Å². The standard InChI is InChI=1S/C21H31N3OSi/c1-21(2,3)26(5,6)25-20-11-13-24(4)15-17-14-16(9-10-18(17)20)19-8-7-12-22-23-19/h7-10,12,14,20H,11,13,15H2,1-6H3. The second-order valence-electron chi connectivity index (χ2n) is 8.92. The zero-order chi connectivity index (χ0) is 18.9. The third kappa shape index (κ3) is 4.05. The maximum absolute atomic E-state index is 6.83. The first-order valence-corrected chi connectivity index (χ1v) is 12.4. The van der Waals surface area contributed by atoms with Crippen LogP contribution in [-0.2, 0) is 11.0 Å². The number of hydrogen-bond donors (Lipinski definition) is 0. The molecule has 26 heavy (non-hydrogen) atoms. The molecule has 1 unspecified atom stereocenters. The molecule has 1 aliphatic heterocycles. The lowest BCUT2D eigenvalue weighted by Gasteiger charge is -2.39. The molecule has 0 amide bonds. The highest BCUT2D eigenvalue weighted by Gasteiger charge is 2.40. The molecule has 0 radical (unpaired) electrons. The van der Waals surface area contributed by atoms with E-state index in [-0.39, 0.29) is 11.1 Å². The minimum Gasteiger partial charge on any atom is -0.410 e. The SMILES string of the molecule is CN1CCC(O[Si](C)(C)C(C)(C)C)c2ccc(-c3cccnn3)cc2C1. The van der Waals surface area contributed by atoms with Crippen molar-refractivity contribution in [1.29, 1.82) is 0 Å². The summed E-state index contributed by atoms with van der Waals surface area (Å²) in [5.41, 5.74) is 4.73. The van der Waals surface area contributed by atoms with Crippen molar-refractivity contribution in [2.45, 2.75) is 58.0 Å². The molecule has 5 heteroatoms. The Morgan fingerprint density at radius 1 is 1.19 bits per heavy atom. The van der Waals surface area contributed by atoms with E-state index in [0.29, 0.717) is 0 Å². The quantitative estimate of drug-likeness (QED) is 0.710. The zero-order valence-electron chi connectivity index (χ0n) is 16.9. The van der Waals surface area contributed by atoms with Crippen molar-refractivity contribution < 1.29 is 4.43 Å². The van der Waals surface area contributed by atoms with Gasteiger partial charge < -0.3 is 9.33 Å². The van der Waals surface area contributed by atoms with Gasteiger partial charge in [0, 0.05) is 24.8 Å². The molecule has 0 spiro atoms. The van der Waals surface area contributed by atoms with E-state index in [1.807, 2.05) is 12.1 Å². The summed E-state index contributed by atoms with van der Waals surface area (Å²) in [5, 5.41) is 8.49. The Kier molecular flexibility index (Phi) is 5.33. The first-order valence-electron chi connectivity index (χ1n) is 9.45. The number of rotatable bonds is 3. The van der Waals surface area contributed by atoms with E-state index in [1.165, 1.54) is 11.1 Å². The topological polar surface area (TPSA) is 38.2 Å². The second kappa shape index (κ2) is 7.22. The first-order chi connectivity index (χ1) is 12.2. The molecule has 0 saturated heterocycles. The summed E-state index contributed by atoms with van der Waals surface area (Å²) in [6, 6.07) is 10.6. The highest BCUT2D eigenvalue weighted by Crippen LogP contribution is 2.42. The zero-order valence-corrected chi connectivity index (χ0v) is 17.9. The molecule has 0 aliphatic carbocycles. The molecule has 1 aromatic carbocycles. The maximum atomic E-state index is 6.83. The average Bonchev–Trinajstić information content (AvgIpc) is 2.73. The molecule has 140 valence electrons. The third-order valence-electron chi connectivity index (χ3n) is 5.81. The normalized spacial score (nSPS) is 19.1. The summed E-state index contributed by atoms with van der Waals surface area (Å²) in [6.07, 6.45) is 2.93. The molecule has 3 rings (SSSR count). The maximum Gasteiger partial charge on any atom is 0.192 e. The van der Waals surface area contributed by atoms with Crippen molar-refractivity contribution in [3.63, 3.8) is 0 Å². The Morgan fingerprint density at radius 3 is 2.62 bits per heavy atom. The smallest absolute Gasteiger partial charge is 0.192 e. The van der Waals surface area contributed by atoms with Gasteiger partial charge in [0.05, 0.1) is 11.8 Å². The highest BCUT2D eigenvalue weighted by atomic mass is 28.4. The van der Waals surface area contributed by atoms with Crippen molar-refractivity contribution in [2.24, 2.45) is 0 Å². The van der Waals surface area contributed by atoms with E-state index in [1.54, 1.807) is 6.20 Å². The van der Waals surface area contributed by atoms with Gasteiger partial charge in [0.15, 0.2) is 8.32 Å². The largest absolute Gasteiger partial charge is 0.410 e. The highest BCUT2D eigenvalue weighted by molar-refractivity contribution is 6.74. The fourth-order valence-corrected chi connectivity index (χ4v) is 4.50. The van der Waals surface area contributed by atoms with Crippen molar-refractivity contribution in [3.8, 4) is 11.3 Å². The molecule has 1 aromatic heterocycles. The predicted octanol–water partition coefficient (Wildman–Crippen LogP) is 5.04. The van der Waals surface area contributed by atoms with Gasteiger partial charge in [-0.15, -0.1) is 0 Å². The summed E-state index contributed by atoms with van der Waals surface area (Å²) in [4.78, 5) is 2.38. The van der Waals surface area contributed by atoms with Gasteiger partial charge in [-0.3, -0.25) is 0 Å². The monoisotopic (exact) mass is 369 g/mol. The van der Waals surface area contributed by atoms with Crippen molar-refractivity contribution in [2.75, 3.05) is 13.6 Å². The van der Waals surface area contributed by atoms with E-state index in [2.05, 4.69) is 74.2 Å². The molecular formula is C21H31N3OSi. The first kappa shape index (κ1) is 19.2. The molecule has 0 N–H and O–H groups in total. The predicted molar refractivity (Wildman–Crippen MR) is 109 cm³/mol. The summed E-state index contributed by atoms with van der Waals surface area (Å²) in [7, 11) is 0.364. The van der Waals surface area contributed by atoms with Gasteiger partial charge in [-0.2, -0.15) is 10.2 Å². The lowest BCUT2D eigenvalue weighted by atomic mass is 9.98. The lowest BCUT2D eigenvalue weighted by molar-refractivity contribution is 0.164. The molecule has 2 aromatic rings. The Labute approximate surface area is 158 Å². The van der Waals surface area contributed by atoms with Crippen molar-refractivity contribution in [3.05, 3.63) is 47.7 Å². The summed E-state index contributed by atoms with van der Waals surface area (Å²) in [6.45, 7) is 13.6. The molecule has 1 atom stereocenters. The van der Waals surface area contributed by atoms with Crippen LogP contribution in [0.4, 0.5) is 0 Å². The van der Waals surface area contributed by atoms with Crippen LogP contribution in [0.2, 0.25) is 18.1 Å². The van der Waals surface area contributed by atoms with Gasteiger partial charge in [-0.1, -0.05) is 32.9 Å². The number of aromatic nitrogens is 2. The van der Waals surface area contributed by atoms with E-state index in [4.69, 9.17) is 4.43 Å². The van der Waals surface area contributed by atoms with Crippen LogP contribution in [0.15, 0.2) is 36.5 Å². The van der Waals surface area contributed by atoms with Crippen LogP contribution in [-0.4, -0.2) is 37.0 Å². The van der Waals surface area contributed by atoms with Crippen LogP contribution in [0.1, 0.15) is 44.4 Å². The number of fused-ring (bicyclic) bond motifs is 1. The molecule has 4 nitrogen and oxygen atoms in total. The molecule has 0 fully saturated rings. The van der Waals surface area contributed by atoms with Crippen LogP contribution in [0.3, 0.4) is 0 Å². The Hall–Kier alpha value is -1.56. The Morgan fingerprint density at radius 2 is 1.96 bits per heavy atom. The van der Waals surface area contributed by atoms with Crippen LogP contribution >= 0.6 is 0 Å². The van der Waals surface area contributed by atoms with Gasteiger partial charge in [0.25, 0.3) is 0 Å². The summed E-state index contributed by atoms with van der Waals surface area (Å²) >= 11 is 0. The molecule has 2 heterocycles. The van der Waals surface area contributed by atoms with Crippen LogP contribution in [0, 0.1) is 0 Å². The average molecular weight is 370 g/mol. The van der Waals surface area contributed by atoms with E-state index in [9.17, 15) is 0 Å².